The van der Waals surface area contributed by atoms with E-state index in [1.807, 2.05) is 6.92 Å². The maximum absolute atomic E-state index is 12.9. The minimum absolute atomic E-state index is 0.114. The monoisotopic (exact) mass is 429 g/mol. The zero-order valence-electron chi connectivity index (χ0n) is 16.6. The van der Waals surface area contributed by atoms with E-state index in [1.54, 1.807) is 25.1 Å². The molecular formula is C21H20ClN3O5. The van der Waals surface area contributed by atoms with Gasteiger partial charge in [0.1, 0.15) is 5.69 Å². The summed E-state index contributed by atoms with van der Waals surface area (Å²) in [7, 11) is 1.29. The predicted octanol–water partition coefficient (Wildman–Crippen LogP) is 4.42. The molecule has 2 aromatic heterocycles. The molecule has 156 valence electrons. The lowest BCUT2D eigenvalue weighted by atomic mass is 10.1. The molecule has 9 heteroatoms. The quantitative estimate of drug-likeness (QED) is 0.502. The highest BCUT2D eigenvalue weighted by Gasteiger charge is 2.24. The highest BCUT2D eigenvalue weighted by Crippen LogP contribution is 2.28. The number of hydrogen-bond donors (Lipinski definition) is 3. The van der Waals surface area contributed by atoms with Crippen LogP contribution in [-0.4, -0.2) is 29.9 Å². The lowest BCUT2D eigenvalue weighted by Gasteiger charge is -2.12. The molecule has 3 rings (SSSR count). The van der Waals surface area contributed by atoms with Crippen LogP contribution in [0, 0.1) is 6.92 Å². The Morgan fingerprint density at radius 3 is 2.50 bits per heavy atom. The van der Waals surface area contributed by atoms with Crippen LogP contribution < -0.4 is 10.6 Å². The first-order valence-electron chi connectivity index (χ1n) is 9.11. The number of benzene rings is 1. The lowest BCUT2D eigenvalue weighted by Crippen LogP contribution is -2.17. The van der Waals surface area contributed by atoms with Crippen LogP contribution in [0.2, 0.25) is 5.02 Å². The van der Waals surface area contributed by atoms with Crippen LogP contribution in [-0.2, 0) is 11.2 Å². The molecule has 3 aromatic rings. The van der Waals surface area contributed by atoms with Crippen molar-refractivity contribution in [2.45, 2.75) is 20.3 Å². The molecule has 0 saturated carbocycles. The van der Waals surface area contributed by atoms with Crippen molar-refractivity contribution in [2.75, 3.05) is 17.7 Å². The van der Waals surface area contributed by atoms with E-state index in [-0.39, 0.29) is 11.5 Å². The van der Waals surface area contributed by atoms with Crippen molar-refractivity contribution in [3.63, 3.8) is 0 Å². The van der Waals surface area contributed by atoms with Gasteiger partial charge in [0, 0.05) is 10.7 Å². The van der Waals surface area contributed by atoms with Crippen LogP contribution >= 0.6 is 11.6 Å². The third-order valence-electron chi connectivity index (χ3n) is 4.52. The molecule has 0 aliphatic heterocycles. The summed E-state index contributed by atoms with van der Waals surface area (Å²) in [5.41, 5.74) is 2.28. The largest absolute Gasteiger partial charge is 0.465 e. The molecule has 2 heterocycles. The SMILES string of the molecule is CCc1[nH]c(C(=O)Nc2ccc(Cl)cc2NC(=O)c2ccco2)c(C)c1C(=O)OC. The number of hydrogen-bond acceptors (Lipinski definition) is 5. The molecule has 0 radical (unpaired) electrons. The zero-order valence-corrected chi connectivity index (χ0v) is 17.3. The Morgan fingerprint density at radius 1 is 1.13 bits per heavy atom. The number of aromatic nitrogens is 1. The van der Waals surface area contributed by atoms with Crippen molar-refractivity contribution in [3.05, 3.63) is 69.9 Å². The van der Waals surface area contributed by atoms with Gasteiger partial charge in [0.05, 0.1) is 30.3 Å². The van der Waals surface area contributed by atoms with Crippen molar-refractivity contribution in [2.24, 2.45) is 0 Å². The average molecular weight is 430 g/mol. The Balaban J connectivity index is 1.90. The highest BCUT2D eigenvalue weighted by molar-refractivity contribution is 6.31. The van der Waals surface area contributed by atoms with Crippen LogP contribution in [0.3, 0.4) is 0 Å². The summed E-state index contributed by atoms with van der Waals surface area (Å²) in [5.74, 6) is -1.37. The van der Waals surface area contributed by atoms with Gasteiger partial charge in [0.2, 0.25) is 0 Å². The third-order valence-corrected chi connectivity index (χ3v) is 4.76. The number of H-pyrrole nitrogens is 1. The summed E-state index contributed by atoms with van der Waals surface area (Å²) in [5, 5.41) is 5.78. The number of rotatable bonds is 6. The van der Waals surface area contributed by atoms with E-state index >= 15 is 0 Å². The average Bonchev–Trinajstić information content (AvgIpc) is 3.37. The number of aromatic amines is 1. The Morgan fingerprint density at radius 2 is 1.87 bits per heavy atom. The Kier molecular flexibility index (Phi) is 6.27. The summed E-state index contributed by atoms with van der Waals surface area (Å²) in [6.45, 7) is 3.53. The van der Waals surface area contributed by atoms with Gasteiger partial charge in [-0.1, -0.05) is 18.5 Å². The molecule has 0 spiro atoms. The number of carbonyl (C=O) groups excluding carboxylic acids is 3. The van der Waals surface area contributed by atoms with Crippen molar-refractivity contribution in [1.29, 1.82) is 0 Å². The molecule has 0 aliphatic rings. The number of amides is 2. The first kappa shape index (κ1) is 21.2. The summed E-state index contributed by atoms with van der Waals surface area (Å²) < 4.78 is 9.90. The summed E-state index contributed by atoms with van der Waals surface area (Å²) in [4.78, 5) is 40.3. The number of furan rings is 1. The van der Waals surface area contributed by atoms with Crippen LogP contribution in [0.1, 0.15) is 49.6 Å². The second kappa shape index (κ2) is 8.87. The Bertz CT molecular complexity index is 1100. The topological polar surface area (TPSA) is 113 Å². The van der Waals surface area contributed by atoms with E-state index in [9.17, 15) is 14.4 Å². The predicted molar refractivity (Wildman–Crippen MR) is 112 cm³/mol. The smallest absolute Gasteiger partial charge is 0.339 e. The molecule has 0 saturated heterocycles. The van der Waals surface area contributed by atoms with E-state index in [0.29, 0.717) is 39.6 Å². The van der Waals surface area contributed by atoms with Crippen molar-refractivity contribution in [3.8, 4) is 0 Å². The molecule has 0 atom stereocenters. The Hall–Kier alpha value is -3.52. The fraction of sp³-hybridized carbons (Fsp3) is 0.190. The molecule has 0 fully saturated rings. The molecule has 3 N–H and O–H groups in total. The zero-order chi connectivity index (χ0) is 21.8. The minimum atomic E-state index is -0.516. The highest BCUT2D eigenvalue weighted by atomic mass is 35.5. The number of methoxy groups -OCH3 is 1. The molecule has 30 heavy (non-hydrogen) atoms. The number of nitrogens with one attached hydrogen (secondary N) is 3. The van der Waals surface area contributed by atoms with Gasteiger partial charge in [-0.05, 0) is 49.2 Å². The molecular weight excluding hydrogens is 410 g/mol. The van der Waals surface area contributed by atoms with Crippen LogP contribution in [0.5, 0.6) is 0 Å². The van der Waals surface area contributed by atoms with Gasteiger partial charge < -0.3 is 24.8 Å². The van der Waals surface area contributed by atoms with E-state index < -0.39 is 17.8 Å². The Labute approximate surface area is 177 Å². The molecule has 0 bridgehead atoms. The van der Waals surface area contributed by atoms with Crippen molar-refractivity contribution < 1.29 is 23.5 Å². The van der Waals surface area contributed by atoms with Crippen LogP contribution in [0.25, 0.3) is 0 Å². The first-order chi connectivity index (χ1) is 14.3. The maximum Gasteiger partial charge on any atom is 0.339 e. The molecule has 8 nitrogen and oxygen atoms in total. The summed E-state index contributed by atoms with van der Waals surface area (Å²) in [6.07, 6.45) is 1.90. The standard InChI is InChI=1S/C21H20ClN3O5/c1-4-13-17(21(28)29-3)11(2)18(23-13)20(27)24-14-8-7-12(22)10-15(14)25-19(26)16-6-5-9-30-16/h5-10,23H,4H2,1-3H3,(H,24,27)(H,25,26). The summed E-state index contributed by atoms with van der Waals surface area (Å²) in [6, 6.07) is 7.77. The van der Waals surface area contributed by atoms with Crippen molar-refractivity contribution in [1.82, 2.24) is 4.98 Å². The number of carbonyl (C=O) groups is 3. The second-order valence-corrected chi connectivity index (χ2v) is 6.84. The fourth-order valence-corrected chi connectivity index (χ4v) is 3.21. The van der Waals surface area contributed by atoms with Crippen LogP contribution in [0.15, 0.2) is 41.0 Å². The fourth-order valence-electron chi connectivity index (χ4n) is 3.03. The van der Waals surface area contributed by atoms with E-state index in [2.05, 4.69) is 15.6 Å². The number of ether oxygens (including phenoxy) is 1. The van der Waals surface area contributed by atoms with Crippen molar-refractivity contribution >= 4 is 40.8 Å². The van der Waals surface area contributed by atoms with Gasteiger partial charge in [0.25, 0.3) is 11.8 Å². The van der Waals surface area contributed by atoms with Gasteiger partial charge in [-0.3, -0.25) is 9.59 Å². The maximum atomic E-state index is 12.9. The summed E-state index contributed by atoms with van der Waals surface area (Å²) >= 11 is 6.05. The van der Waals surface area contributed by atoms with Gasteiger partial charge in [-0.2, -0.15) is 0 Å². The number of esters is 1. The number of aryl methyl sites for hydroxylation is 1. The second-order valence-electron chi connectivity index (χ2n) is 6.40. The first-order valence-corrected chi connectivity index (χ1v) is 9.49. The molecule has 0 unspecified atom stereocenters. The van der Waals surface area contributed by atoms with Gasteiger partial charge in [-0.25, -0.2) is 4.79 Å². The molecule has 0 aliphatic carbocycles. The van der Waals surface area contributed by atoms with Gasteiger partial charge >= 0.3 is 5.97 Å². The molecule has 1 aromatic carbocycles. The van der Waals surface area contributed by atoms with Crippen LogP contribution in [0.4, 0.5) is 11.4 Å². The number of anilines is 2. The van der Waals surface area contributed by atoms with E-state index in [4.69, 9.17) is 20.8 Å². The normalized spacial score (nSPS) is 10.5. The third kappa shape index (κ3) is 4.23. The van der Waals surface area contributed by atoms with Gasteiger partial charge in [0.15, 0.2) is 5.76 Å². The van der Waals surface area contributed by atoms with E-state index in [1.165, 1.54) is 25.5 Å². The van der Waals surface area contributed by atoms with E-state index in [0.717, 1.165) is 0 Å². The lowest BCUT2D eigenvalue weighted by molar-refractivity contribution is 0.0598. The minimum Gasteiger partial charge on any atom is -0.465 e. The number of halogens is 1. The van der Waals surface area contributed by atoms with Gasteiger partial charge in [-0.15, -0.1) is 0 Å². The molecule has 2 amide bonds.